The molecule has 5 nitrogen and oxygen atoms in total. The summed E-state index contributed by atoms with van der Waals surface area (Å²) >= 11 is 5.23. The number of thiocarbonyl (C=S) groups is 1. The van der Waals surface area contributed by atoms with Crippen LogP contribution in [0.15, 0.2) is 84.4 Å². The number of hydrogen-bond donors (Lipinski definition) is 1. The standard InChI is InChI=1S/C25H20N2O3S/c1-17-7-11-20(12-8-17)27-24(29)22(23(28)26-25(27)31)15-18-9-13-21(14-10-18)30-16-19-5-3-2-4-6-19/h2-15H,16H2,1H3,(H,26,28,31)/b22-15+. The maximum atomic E-state index is 13.0. The molecule has 3 aromatic carbocycles. The van der Waals surface area contributed by atoms with Crippen molar-refractivity contribution in [3.63, 3.8) is 0 Å². The number of aryl methyl sites for hydroxylation is 1. The third kappa shape index (κ3) is 4.70. The summed E-state index contributed by atoms with van der Waals surface area (Å²) in [5.41, 5.74) is 3.48. The zero-order chi connectivity index (χ0) is 21.8. The van der Waals surface area contributed by atoms with Crippen LogP contribution in [0.1, 0.15) is 16.7 Å². The molecule has 6 heteroatoms. The van der Waals surface area contributed by atoms with Crippen molar-refractivity contribution >= 4 is 40.9 Å². The van der Waals surface area contributed by atoms with E-state index in [0.717, 1.165) is 11.1 Å². The number of benzene rings is 3. The third-order valence-electron chi connectivity index (χ3n) is 4.83. The number of nitrogens with zero attached hydrogens (tertiary/aromatic N) is 1. The Bertz CT molecular complexity index is 1150. The molecule has 1 fully saturated rings. The van der Waals surface area contributed by atoms with Gasteiger partial charge in [-0.3, -0.25) is 19.8 Å². The number of nitrogens with one attached hydrogen (secondary N) is 1. The predicted octanol–water partition coefficient (Wildman–Crippen LogP) is 4.41. The molecule has 3 aromatic rings. The van der Waals surface area contributed by atoms with E-state index in [2.05, 4.69) is 5.32 Å². The van der Waals surface area contributed by atoms with Crippen LogP contribution < -0.4 is 15.0 Å². The Morgan fingerprint density at radius 1 is 0.935 bits per heavy atom. The van der Waals surface area contributed by atoms with Crippen LogP contribution in [0.25, 0.3) is 6.08 Å². The van der Waals surface area contributed by atoms with Gasteiger partial charge in [-0.2, -0.15) is 0 Å². The molecule has 1 heterocycles. The van der Waals surface area contributed by atoms with Crippen molar-refractivity contribution < 1.29 is 14.3 Å². The Kier molecular flexibility index (Phi) is 5.91. The quantitative estimate of drug-likeness (QED) is 0.372. The SMILES string of the molecule is Cc1ccc(N2C(=O)/C(=C/c3ccc(OCc4ccccc4)cc3)C(=O)NC2=S)cc1. The summed E-state index contributed by atoms with van der Waals surface area (Å²) < 4.78 is 5.79. The van der Waals surface area contributed by atoms with Gasteiger partial charge in [0, 0.05) is 0 Å². The zero-order valence-corrected chi connectivity index (χ0v) is 17.7. The molecule has 2 amide bonds. The van der Waals surface area contributed by atoms with Gasteiger partial charge in [-0.1, -0.05) is 60.2 Å². The van der Waals surface area contributed by atoms with Crippen molar-refractivity contribution in [3.8, 4) is 5.75 Å². The highest BCUT2D eigenvalue weighted by Crippen LogP contribution is 2.23. The first-order valence-electron chi connectivity index (χ1n) is 9.76. The molecule has 0 aliphatic carbocycles. The van der Waals surface area contributed by atoms with Gasteiger partial charge in [-0.25, -0.2) is 0 Å². The minimum atomic E-state index is -0.511. The monoisotopic (exact) mass is 428 g/mol. The van der Waals surface area contributed by atoms with Gasteiger partial charge >= 0.3 is 0 Å². The first-order chi connectivity index (χ1) is 15.0. The molecule has 4 rings (SSSR count). The van der Waals surface area contributed by atoms with Crippen molar-refractivity contribution in [1.82, 2.24) is 5.32 Å². The lowest BCUT2D eigenvalue weighted by Gasteiger charge is -2.29. The Hall–Kier alpha value is -3.77. The van der Waals surface area contributed by atoms with E-state index in [1.807, 2.05) is 61.5 Å². The topological polar surface area (TPSA) is 58.6 Å². The molecule has 0 radical (unpaired) electrons. The van der Waals surface area contributed by atoms with E-state index in [-0.39, 0.29) is 10.7 Å². The van der Waals surface area contributed by atoms with E-state index in [0.29, 0.717) is 23.6 Å². The minimum Gasteiger partial charge on any atom is -0.489 e. The van der Waals surface area contributed by atoms with Crippen molar-refractivity contribution in [2.75, 3.05) is 4.90 Å². The summed E-state index contributed by atoms with van der Waals surface area (Å²) in [5.74, 6) is -0.266. The van der Waals surface area contributed by atoms with Gasteiger partial charge in [0.1, 0.15) is 17.9 Å². The van der Waals surface area contributed by atoms with Gasteiger partial charge in [-0.15, -0.1) is 0 Å². The number of hydrogen-bond acceptors (Lipinski definition) is 4. The molecule has 1 saturated heterocycles. The van der Waals surface area contributed by atoms with Crippen LogP contribution >= 0.6 is 12.2 Å². The highest BCUT2D eigenvalue weighted by Gasteiger charge is 2.34. The fraction of sp³-hybridized carbons (Fsp3) is 0.0800. The predicted molar refractivity (Wildman–Crippen MR) is 125 cm³/mol. The van der Waals surface area contributed by atoms with E-state index < -0.39 is 11.8 Å². The number of carbonyl (C=O) groups is 2. The molecule has 0 saturated carbocycles. The number of anilines is 1. The van der Waals surface area contributed by atoms with Crippen LogP contribution in [0.5, 0.6) is 5.75 Å². The van der Waals surface area contributed by atoms with Gasteiger partial charge in [0.25, 0.3) is 11.8 Å². The summed E-state index contributed by atoms with van der Waals surface area (Å²) in [5, 5.41) is 2.67. The molecule has 154 valence electrons. The van der Waals surface area contributed by atoms with Crippen LogP contribution in [0, 0.1) is 6.92 Å². The van der Waals surface area contributed by atoms with Gasteiger partial charge in [0.2, 0.25) is 0 Å². The van der Waals surface area contributed by atoms with E-state index in [1.54, 1.807) is 30.3 Å². The van der Waals surface area contributed by atoms with Gasteiger partial charge in [-0.05, 0) is 60.6 Å². The highest BCUT2D eigenvalue weighted by molar-refractivity contribution is 7.80. The zero-order valence-electron chi connectivity index (χ0n) is 16.9. The number of carbonyl (C=O) groups excluding carboxylic acids is 2. The van der Waals surface area contributed by atoms with Gasteiger partial charge in [0.05, 0.1) is 5.69 Å². The minimum absolute atomic E-state index is 0.0205. The fourth-order valence-corrected chi connectivity index (χ4v) is 3.43. The van der Waals surface area contributed by atoms with E-state index >= 15 is 0 Å². The molecule has 0 aromatic heterocycles. The van der Waals surface area contributed by atoms with Gasteiger partial charge in [0.15, 0.2) is 5.11 Å². The van der Waals surface area contributed by atoms with Crippen molar-refractivity contribution in [2.24, 2.45) is 0 Å². The molecule has 0 atom stereocenters. The molecule has 31 heavy (non-hydrogen) atoms. The summed E-state index contributed by atoms with van der Waals surface area (Å²) in [6, 6.07) is 24.5. The number of amides is 2. The summed E-state index contributed by atoms with van der Waals surface area (Å²) in [6.45, 7) is 2.42. The Balaban J connectivity index is 1.52. The number of ether oxygens (including phenoxy) is 1. The molecule has 0 spiro atoms. The summed E-state index contributed by atoms with van der Waals surface area (Å²) in [6.07, 6.45) is 1.56. The van der Waals surface area contributed by atoms with Gasteiger partial charge < -0.3 is 4.74 Å². The van der Waals surface area contributed by atoms with E-state index in [1.165, 1.54) is 4.90 Å². The largest absolute Gasteiger partial charge is 0.489 e. The Morgan fingerprint density at radius 3 is 2.29 bits per heavy atom. The molecule has 0 unspecified atom stereocenters. The molecule has 1 aliphatic rings. The normalized spacial score (nSPS) is 15.2. The lowest BCUT2D eigenvalue weighted by molar-refractivity contribution is -0.122. The van der Waals surface area contributed by atoms with E-state index in [4.69, 9.17) is 17.0 Å². The maximum Gasteiger partial charge on any atom is 0.270 e. The lowest BCUT2D eigenvalue weighted by atomic mass is 10.1. The second-order valence-electron chi connectivity index (χ2n) is 7.14. The Morgan fingerprint density at radius 2 is 1.61 bits per heavy atom. The highest BCUT2D eigenvalue weighted by atomic mass is 32.1. The lowest BCUT2D eigenvalue weighted by Crippen LogP contribution is -2.54. The van der Waals surface area contributed by atoms with Crippen molar-refractivity contribution in [1.29, 1.82) is 0 Å². The molecule has 1 N–H and O–H groups in total. The van der Waals surface area contributed by atoms with Crippen molar-refractivity contribution in [3.05, 3.63) is 101 Å². The van der Waals surface area contributed by atoms with E-state index in [9.17, 15) is 9.59 Å². The second kappa shape index (κ2) is 8.93. The molecule has 1 aliphatic heterocycles. The van der Waals surface area contributed by atoms with Crippen molar-refractivity contribution in [2.45, 2.75) is 13.5 Å². The van der Waals surface area contributed by atoms with Crippen LogP contribution in [-0.4, -0.2) is 16.9 Å². The fourth-order valence-electron chi connectivity index (χ4n) is 3.15. The second-order valence-corrected chi connectivity index (χ2v) is 7.52. The Labute approximate surface area is 186 Å². The van der Waals surface area contributed by atoms with Crippen LogP contribution in [0.3, 0.4) is 0 Å². The maximum absolute atomic E-state index is 13.0. The molecular formula is C25H20N2O3S. The first kappa shape index (κ1) is 20.5. The third-order valence-corrected chi connectivity index (χ3v) is 5.12. The smallest absolute Gasteiger partial charge is 0.270 e. The average molecular weight is 429 g/mol. The number of rotatable bonds is 5. The molecular weight excluding hydrogens is 408 g/mol. The van der Waals surface area contributed by atoms with Crippen LogP contribution in [-0.2, 0) is 16.2 Å². The van der Waals surface area contributed by atoms with Crippen LogP contribution in [0.4, 0.5) is 5.69 Å². The summed E-state index contributed by atoms with van der Waals surface area (Å²) in [4.78, 5) is 26.8. The molecule has 0 bridgehead atoms. The van der Waals surface area contributed by atoms with Crippen LogP contribution in [0.2, 0.25) is 0 Å². The summed E-state index contributed by atoms with van der Waals surface area (Å²) in [7, 11) is 0. The average Bonchev–Trinajstić information content (AvgIpc) is 2.78. The first-order valence-corrected chi connectivity index (χ1v) is 10.2.